The van der Waals surface area contributed by atoms with Crippen LogP contribution in [0.5, 0.6) is 5.75 Å². The van der Waals surface area contributed by atoms with Crippen molar-refractivity contribution >= 4 is 33.3 Å². The molecule has 0 spiro atoms. The Labute approximate surface area is 126 Å². The Bertz CT molecular complexity index is 798. The monoisotopic (exact) mass is 327 g/mol. The summed E-state index contributed by atoms with van der Waals surface area (Å²) < 4.78 is 29.1. The molecule has 0 bridgehead atoms. The summed E-state index contributed by atoms with van der Waals surface area (Å²) in [5, 5.41) is 8.80. The van der Waals surface area contributed by atoms with Gasteiger partial charge in [-0.15, -0.1) is 0 Å². The molecule has 0 aromatic heterocycles. The average Bonchev–Trinajstić information content (AvgIpc) is 2.41. The predicted octanol–water partition coefficient (Wildman–Crippen LogP) is 3.63. The lowest BCUT2D eigenvalue weighted by atomic mass is 10.2. The molecule has 0 unspecified atom stereocenters. The van der Waals surface area contributed by atoms with Crippen molar-refractivity contribution < 1.29 is 12.6 Å². The second-order valence-corrected chi connectivity index (χ2v) is 6.05. The van der Waals surface area contributed by atoms with Crippen molar-refractivity contribution in [2.24, 2.45) is 0 Å². The van der Waals surface area contributed by atoms with Crippen LogP contribution in [0.4, 0.5) is 0 Å². The van der Waals surface area contributed by atoms with Crippen molar-refractivity contribution in [2.45, 2.75) is 4.90 Å². The smallest absolute Gasteiger partial charge is 0.340 e. The van der Waals surface area contributed by atoms with Gasteiger partial charge in [0, 0.05) is 0 Å². The highest BCUT2D eigenvalue weighted by Gasteiger charge is 2.21. The van der Waals surface area contributed by atoms with Crippen LogP contribution in [0.25, 0.3) is 0 Å². The minimum Gasteiger partial charge on any atom is -0.377 e. The lowest BCUT2D eigenvalue weighted by molar-refractivity contribution is 0.486. The normalized spacial score (nSPS) is 10.8. The van der Waals surface area contributed by atoms with Crippen LogP contribution >= 0.6 is 23.2 Å². The van der Waals surface area contributed by atoms with Gasteiger partial charge in [0.25, 0.3) is 0 Å². The second kappa shape index (κ2) is 5.71. The SMILES string of the molecule is N#Cc1ccc(OS(=O)(=O)c2ccccc2Cl)c(Cl)c1. The van der Waals surface area contributed by atoms with Crippen molar-refractivity contribution in [3.05, 3.63) is 58.1 Å². The van der Waals surface area contributed by atoms with E-state index >= 15 is 0 Å². The van der Waals surface area contributed by atoms with Crippen LogP contribution in [-0.4, -0.2) is 8.42 Å². The highest BCUT2D eigenvalue weighted by Crippen LogP contribution is 2.30. The predicted molar refractivity (Wildman–Crippen MR) is 75.4 cm³/mol. The third-order valence-corrected chi connectivity index (χ3v) is 4.40. The third-order valence-electron chi connectivity index (χ3n) is 2.37. The Kier molecular flexibility index (Phi) is 4.19. The molecule has 0 aliphatic heterocycles. The van der Waals surface area contributed by atoms with Crippen LogP contribution in [-0.2, 0) is 10.1 Å². The maximum Gasteiger partial charge on any atom is 0.340 e. The van der Waals surface area contributed by atoms with Gasteiger partial charge in [-0.2, -0.15) is 13.7 Å². The van der Waals surface area contributed by atoms with Gasteiger partial charge in [-0.3, -0.25) is 0 Å². The van der Waals surface area contributed by atoms with Crippen LogP contribution in [0.15, 0.2) is 47.4 Å². The molecular formula is C13H7Cl2NO3S. The fourth-order valence-corrected chi connectivity index (χ4v) is 3.16. The summed E-state index contributed by atoms with van der Waals surface area (Å²) in [4.78, 5) is -0.151. The number of halogens is 2. The molecule has 2 aromatic rings. The summed E-state index contributed by atoms with van der Waals surface area (Å²) in [6.45, 7) is 0. The number of nitrogens with zero attached hydrogens (tertiary/aromatic N) is 1. The minimum absolute atomic E-state index is 0.0275. The van der Waals surface area contributed by atoms with Crippen LogP contribution in [0.2, 0.25) is 10.0 Å². The first-order chi connectivity index (χ1) is 9.44. The Morgan fingerprint density at radius 2 is 1.75 bits per heavy atom. The summed E-state index contributed by atoms with van der Waals surface area (Å²) in [6.07, 6.45) is 0. The van der Waals surface area contributed by atoms with Gasteiger partial charge in [0.2, 0.25) is 0 Å². The summed E-state index contributed by atoms with van der Waals surface area (Å²) in [6, 6.07) is 11.8. The molecule has 0 saturated heterocycles. The number of rotatable bonds is 3. The van der Waals surface area contributed by atoms with E-state index in [-0.39, 0.29) is 20.7 Å². The van der Waals surface area contributed by atoms with E-state index in [4.69, 9.17) is 32.6 Å². The molecule has 0 N–H and O–H groups in total. The molecular weight excluding hydrogens is 321 g/mol. The maximum atomic E-state index is 12.1. The molecule has 20 heavy (non-hydrogen) atoms. The van der Waals surface area contributed by atoms with E-state index in [2.05, 4.69) is 0 Å². The maximum absolute atomic E-state index is 12.1. The third kappa shape index (κ3) is 3.05. The van der Waals surface area contributed by atoms with E-state index < -0.39 is 10.1 Å². The molecule has 2 rings (SSSR count). The number of benzene rings is 2. The lowest BCUT2D eigenvalue weighted by Gasteiger charge is -2.09. The summed E-state index contributed by atoms with van der Waals surface area (Å²) in [7, 11) is -4.09. The number of nitriles is 1. The van der Waals surface area contributed by atoms with Crippen molar-refractivity contribution in [3.8, 4) is 11.8 Å². The summed E-state index contributed by atoms with van der Waals surface area (Å²) in [5.74, 6) is -0.0643. The molecule has 102 valence electrons. The molecule has 0 fully saturated rings. The molecule has 0 amide bonds. The largest absolute Gasteiger partial charge is 0.377 e. The van der Waals surface area contributed by atoms with Gasteiger partial charge in [-0.1, -0.05) is 35.3 Å². The molecule has 7 heteroatoms. The molecule has 0 saturated carbocycles. The van der Waals surface area contributed by atoms with Gasteiger partial charge in [-0.05, 0) is 30.3 Å². The fourth-order valence-electron chi connectivity index (χ4n) is 1.45. The molecule has 0 atom stereocenters. The van der Waals surface area contributed by atoms with Crippen molar-refractivity contribution in [3.63, 3.8) is 0 Å². The topological polar surface area (TPSA) is 67.2 Å². The van der Waals surface area contributed by atoms with Gasteiger partial charge in [0.15, 0.2) is 5.75 Å². The Balaban J connectivity index is 2.40. The summed E-state index contributed by atoms with van der Waals surface area (Å²) in [5.41, 5.74) is 0.303. The van der Waals surface area contributed by atoms with Crippen LogP contribution in [0, 0.1) is 11.3 Å². The standard InChI is InChI=1S/C13H7Cl2NO3S/c14-10-3-1-2-4-13(10)20(17,18)19-12-6-5-9(8-16)7-11(12)15/h1-7H. The Morgan fingerprint density at radius 1 is 1.05 bits per heavy atom. The fraction of sp³-hybridized carbons (Fsp3) is 0. The van der Waals surface area contributed by atoms with Crippen LogP contribution in [0.3, 0.4) is 0 Å². The molecule has 0 radical (unpaired) electrons. The highest BCUT2D eigenvalue weighted by atomic mass is 35.5. The van der Waals surface area contributed by atoms with E-state index in [1.54, 1.807) is 6.07 Å². The molecule has 0 aliphatic rings. The quantitative estimate of drug-likeness (QED) is 0.807. The first-order valence-electron chi connectivity index (χ1n) is 5.33. The molecule has 0 aliphatic carbocycles. The zero-order valence-corrected chi connectivity index (χ0v) is 12.2. The van der Waals surface area contributed by atoms with E-state index in [0.29, 0.717) is 5.56 Å². The zero-order chi connectivity index (χ0) is 14.8. The van der Waals surface area contributed by atoms with E-state index in [1.807, 2.05) is 6.07 Å². The lowest BCUT2D eigenvalue weighted by Crippen LogP contribution is -2.10. The van der Waals surface area contributed by atoms with E-state index in [0.717, 1.165) is 0 Å². The van der Waals surface area contributed by atoms with E-state index in [1.165, 1.54) is 36.4 Å². The van der Waals surface area contributed by atoms with Crippen LogP contribution in [0.1, 0.15) is 5.56 Å². The van der Waals surface area contributed by atoms with Gasteiger partial charge in [0.05, 0.1) is 21.7 Å². The molecule has 4 nitrogen and oxygen atoms in total. The minimum atomic E-state index is -4.09. The average molecular weight is 328 g/mol. The Hall–Kier alpha value is -1.74. The number of hydrogen-bond donors (Lipinski definition) is 0. The van der Waals surface area contributed by atoms with Gasteiger partial charge in [0.1, 0.15) is 4.90 Å². The zero-order valence-electron chi connectivity index (χ0n) is 9.88. The van der Waals surface area contributed by atoms with E-state index in [9.17, 15) is 8.42 Å². The highest BCUT2D eigenvalue weighted by molar-refractivity contribution is 7.87. The first kappa shape index (κ1) is 14.7. The molecule has 2 aromatic carbocycles. The van der Waals surface area contributed by atoms with Gasteiger partial charge in [-0.25, -0.2) is 0 Å². The summed E-state index contributed by atoms with van der Waals surface area (Å²) >= 11 is 11.7. The van der Waals surface area contributed by atoms with Gasteiger partial charge >= 0.3 is 10.1 Å². The molecule has 0 heterocycles. The van der Waals surface area contributed by atoms with Crippen molar-refractivity contribution in [2.75, 3.05) is 0 Å². The van der Waals surface area contributed by atoms with Gasteiger partial charge < -0.3 is 4.18 Å². The van der Waals surface area contributed by atoms with Crippen LogP contribution < -0.4 is 4.18 Å². The van der Waals surface area contributed by atoms with Crippen molar-refractivity contribution in [1.29, 1.82) is 5.26 Å². The van der Waals surface area contributed by atoms with Crippen molar-refractivity contribution in [1.82, 2.24) is 0 Å². The number of hydrogen-bond acceptors (Lipinski definition) is 4. The first-order valence-corrected chi connectivity index (χ1v) is 7.49. The second-order valence-electron chi connectivity index (χ2n) is 3.72. The Morgan fingerprint density at radius 3 is 2.35 bits per heavy atom.